The van der Waals surface area contributed by atoms with Crippen LogP contribution in [0.5, 0.6) is 5.75 Å². The highest BCUT2D eigenvalue weighted by atomic mass is 19.1. The van der Waals surface area contributed by atoms with Crippen LogP contribution in [0.4, 0.5) is 10.1 Å². The van der Waals surface area contributed by atoms with E-state index in [0.717, 1.165) is 31.7 Å². The summed E-state index contributed by atoms with van der Waals surface area (Å²) in [6.45, 7) is 4.76. The second-order valence-corrected chi connectivity index (χ2v) is 6.83. The quantitative estimate of drug-likeness (QED) is 0.844. The Labute approximate surface area is 153 Å². The van der Waals surface area contributed by atoms with Crippen LogP contribution in [0, 0.1) is 5.82 Å². The number of ether oxygens (including phenoxy) is 1. The molecule has 2 heterocycles. The number of halogens is 1. The summed E-state index contributed by atoms with van der Waals surface area (Å²) < 4.78 is 19.7. The molecule has 136 valence electrons. The van der Waals surface area contributed by atoms with Crippen molar-refractivity contribution in [3.63, 3.8) is 0 Å². The van der Waals surface area contributed by atoms with Gasteiger partial charge in [-0.3, -0.25) is 9.69 Å². The zero-order chi connectivity index (χ0) is 18.1. The third-order valence-electron chi connectivity index (χ3n) is 5.29. The number of hydrogen-bond donors (Lipinski definition) is 0. The maximum absolute atomic E-state index is 14.1. The van der Waals surface area contributed by atoms with Gasteiger partial charge in [0.15, 0.2) is 0 Å². The summed E-state index contributed by atoms with van der Waals surface area (Å²) in [6.07, 6.45) is 1.65. The molecule has 1 fully saturated rings. The highest BCUT2D eigenvalue weighted by molar-refractivity contribution is 5.99. The van der Waals surface area contributed by atoms with E-state index in [1.807, 2.05) is 13.0 Å². The molecule has 2 aliphatic rings. The van der Waals surface area contributed by atoms with Gasteiger partial charge in [0.25, 0.3) is 0 Å². The molecule has 0 saturated carbocycles. The summed E-state index contributed by atoms with van der Waals surface area (Å²) in [4.78, 5) is 16.7. The molecular weight excluding hydrogens is 331 g/mol. The minimum atomic E-state index is -0.341. The van der Waals surface area contributed by atoms with Gasteiger partial charge in [-0.05, 0) is 55.2 Å². The molecule has 0 bridgehead atoms. The number of nitrogens with zero attached hydrogens (tertiary/aromatic N) is 2. The van der Waals surface area contributed by atoms with Crippen LogP contribution in [0.1, 0.15) is 24.5 Å². The van der Waals surface area contributed by atoms with Gasteiger partial charge in [-0.25, -0.2) is 4.39 Å². The molecule has 1 saturated heterocycles. The summed E-state index contributed by atoms with van der Waals surface area (Å²) in [5.41, 5.74) is 2.93. The summed E-state index contributed by atoms with van der Waals surface area (Å²) in [7, 11) is 0. The molecule has 2 aromatic rings. The second-order valence-electron chi connectivity index (χ2n) is 6.83. The Morgan fingerprint density at radius 3 is 2.81 bits per heavy atom. The van der Waals surface area contributed by atoms with E-state index < -0.39 is 0 Å². The SMILES string of the molecule is CCOc1ccc2c(c1)CN(C1CCN(c3ccccc3F)C1=O)CC2. The molecule has 1 unspecified atom stereocenters. The lowest BCUT2D eigenvalue weighted by molar-refractivity contribution is -0.122. The number of hydrogen-bond acceptors (Lipinski definition) is 3. The van der Waals surface area contributed by atoms with Crippen molar-refractivity contribution in [2.24, 2.45) is 0 Å². The number of rotatable bonds is 4. The van der Waals surface area contributed by atoms with Gasteiger partial charge in [-0.15, -0.1) is 0 Å². The molecule has 0 aromatic heterocycles. The van der Waals surface area contributed by atoms with Gasteiger partial charge in [0, 0.05) is 19.6 Å². The van der Waals surface area contributed by atoms with Gasteiger partial charge in [-0.2, -0.15) is 0 Å². The van der Waals surface area contributed by atoms with Crippen LogP contribution < -0.4 is 9.64 Å². The summed E-state index contributed by atoms with van der Waals surface area (Å²) in [5, 5.41) is 0. The molecule has 0 aliphatic carbocycles. The number of benzene rings is 2. The number of para-hydroxylation sites is 1. The first-order chi connectivity index (χ1) is 12.7. The van der Waals surface area contributed by atoms with Gasteiger partial charge in [-0.1, -0.05) is 18.2 Å². The monoisotopic (exact) mass is 354 g/mol. The molecule has 0 N–H and O–H groups in total. The Balaban J connectivity index is 1.52. The van der Waals surface area contributed by atoms with Crippen molar-refractivity contribution in [1.29, 1.82) is 0 Å². The molecule has 4 nitrogen and oxygen atoms in total. The third-order valence-corrected chi connectivity index (χ3v) is 5.29. The molecule has 1 amide bonds. The first-order valence-corrected chi connectivity index (χ1v) is 9.22. The molecule has 2 aliphatic heterocycles. The van der Waals surface area contributed by atoms with Crippen molar-refractivity contribution in [1.82, 2.24) is 4.90 Å². The minimum absolute atomic E-state index is 0.000451. The van der Waals surface area contributed by atoms with Crippen molar-refractivity contribution in [3.8, 4) is 5.75 Å². The van der Waals surface area contributed by atoms with Gasteiger partial charge in [0.05, 0.1) is 18.3 Å². The van der Waals surface area contributed by atoms with Crippen molar-refractivity contribution in [2.45, 2.75) is 32.4 Å². The summed E-state index contributed by atoms with van der Waals surface area (Å²) >= 11 is 0. The predicted octanol–water partition coefficient (Wildman–Crippen LogP) is 3.39. The number of fused-ring (bicyclic) bond motifs is 1. The van der Waals surface area contributed by atoms with E-state index in [1.165, 1.54) is 17.2 Å². The fraction of sp³-hybridized carbons (Fsp3) is 0.381. The van der Waals surface area contributed by atoms with Gasteiger partial charge in [0.1, 0.15) is 11.6 Å². The van der Waals surface area contributed by atoms with Crippen LogP contribution in [0.3, 0.4) is 0 Å². The van der Waals surface area contributed by atoms with Crippen LogP contribution in [0.15, 0.2) is 42.5 Å². The van der Waals surface area contributed by atoms with E-state index >= 15 is 0 Å². The maximum Gasteiger partial charge on any atom is 0.244 e. The van der Waals surface area contributed by atoms with E-state index in [0.29, 0.717) is 18.8 Å². The predicted molar refractivity (Wildman–Crippen MR) is 98.9 cm³/mol. The Morgan fingerprint density at radius 1 is 1.15 bits per heavy atom. The first kappa shape index (κ1) is 17.0. The average Bonchev–Trinajstić information content (AvgIpc) is 3.03. The van der Waals surface area contributed by atoms with Crippen LogP contribution >= 0.6 is 0 Å². The fourth-order valence-corrected chi connectivity index (χ4v) is 3.99. The van der Waals surface area contributed by atoms with Crippen molar-refractivity contribution in [3.05, 3.63) is 59.4 Å². The van der Waals surface area contributed by atoms with Gasteiger partial charge >= 0.3 is 0 Å². The second kappa shape index (κ2) is 7.08. The lowest BCUT2D eigenvalue weighted by Crippen LogP contribution is -2.44. The zero-order valence-electron chi connectivity index (χ0n) is 15.0. The van der Waals surface area contributed by atoms with E-state index in [4.69, 9.17) is 4.74 Å². The van der Waals surface area contributed by atoms with E-state index in [2.05, 4.69) is 17.0 Å². The number of carbonyl (C=O) groups excluding carboxylic acids is 1. The maximum atomic E-state index is 14.1. The normalized spacial score (nSPS) is 20.3. The molecule has 0 spiro atoms. The van der Waals surface area contributed by atoms with Crippen LogP contribution in [-0.4, -0.2) is 36.5 Å². The molecule has 0 radical (unpaired) electrons. The van der Waals surface area contributed by atoms with Crippen molar-refractivity contribution >= 4 is 11.6 Å². The lowest BCUT2D eigenvalue weighted by atomic mass is 9.98. The molecule has 26 heavy (non-hydrogen) atoms. The van der Waals surface area contributed by atoms with Gasteiger partial charge < -0.3 is 9.64 Å². The van der Waals surface area contributed by atoms with Crippen molar-refractivity contribution in [2.75, 3.05) is 24.6 Å². The molecule has 5 heteroatoms. The first-order valence-electron chi connectivity index (χ1n) is 9.22. The van der Waals surface area contributed by atoms with Crippen LogP contribution in [-0.2, 0) is 17.8 Å². The van der Waals surface area contributed by atoms with Crippen molar-refractivity contribution < 1.29 is 13.9 Å². The van der Waals surface area contributed by atoms with Crippen LogP contribution in [0.2, 0.25) is 0 Å². The Bertz CT molecular complexity index is 823. The van der Waals surface area contributed by atoms with Crippen LogP contribution in [0.25, 0.3) is 0 Å². The standard InChI is InChI=1S/C21H23FN2O2/c1-2-26-17-8-7-15-9-11-23(14-16(15)13-17)20-10-12-24(21(20)25)19-6-4-3-5-18(19)22/h3-8,13,20H,2,9-12,14H2,1H3. The molecular formula is C21H23FN2O2. The third kappa shape index (κ3) is 3.07. The Morgan fingerprint density at radius 2 is 2.00 bits per heavy atom. The topological polar surface area (TPSA) is 32.8 Å². The van der Waals surface area contributed by atoms with E-state index in [1.54, 1.807) is 23.1 Å². The molecule has 2 aromatic carbocycles. The number of anilines is 1. The Kier molecular flexibility index (Phi) is 4.64. The summed E-state index contributed by atoms with van der Waals surface area (Å²) in [6, 6.07) is 12.5. The largest absolute Gasteiger partial charge is 0.494 e. The number of amides is 1. The van der Waals surface area contributed by atoms with E-state index in [-0.39, 0.29) is 17.8 Å². The Hall–Kier alpha value is -2.40. The fourth-order valence-electron chi connectivity index (χ4n) is 3.99. The minimum Gasteiger partial charge on any atom is -0.494 e. The highest BCUT2D eigenvalue weighted by Crippen LogP contribution is 2.30. The van der Waals surface area contributed by atoms with E-state index in [9.17, 15) is 9.18 Å². The van der Waals surface area contributed by atoms with Gasteiger partial charge in [0.2, 0.25) is 5.91 Å². The zero-order valence-corrected chi connectivity index (χ0v) is 15.0. The summed E-state index contributed by atoms with van der Waals surface area (Å²) in [5.74, 6) is 0.533. The molecule has 4 rings (SSSR count). The molecule has 1 atom stereocenters. The number of carbonyl (C=O) groups is 1. The lowest BCUT2D eigenvalue weighted by Gasteiger charge is -2.33. The smallest absolute Gasteiger partial charge is 0.244 e. The average molecular weight is 354 g/mol. The highest BCUT2D eigenvalue weighted by Gasteiger charge is 2.38.